The van der Waals surface area contributed by atoms with Crippen LogP contribution in [0.2, 0.25) is 5.28 Å². The lowest BCUT2D eigenvalue weighted by molar-refractivity contribution is 1.07. The summed E-state index contributed by atoms with van der Waals surface area (Å²) < 4.78 is 0. The first-order chi connectivity index (χ1) is 13.3. The fraction of sp³-hybridized carbons (Fsp3) is 0. The van der Waals surface area contributed by atoms with E-state index in [4.69, 9.17) is 16.6 Å². The van der Waals surface area contributed by atoms with E-state index in [1.807, 2.05) is 42.5 Å². The predicted octanol–water partition coefficient (Wildman–Crippen LogP) is 6.17. The highest BCUT2D eigenvalue weighted by molar-refractivity contribution is 6.28. The lowest BCUT2D eigenvalue weighted by atomic mass is 9.98. The Hall–Kier alpha value is -3.30. The summed E-state index contributed by atoms with van der Waals surface area (Å²) in [6.45, 7) is 0. The Morgan fingerprint density at radius 1 is 0.519 bits per heavy atom. The largest absolute Gasteiger partial charge is 0.226 e. The zero-order valence-electron chi connectivity index (χ0n) is 14.3. The van der Waals surface area contributed by atoms with Crippen LogP contribution in [0.5, 0.6) is 0 Å². The zero-order chi connectivity index (χ0) is 18.2. The minimum Gasteiger partial charge on any atom is -0.208 e. The van der Waals surface area contributed by atoms with E-state index in [9.17, 15) is 0 Å². The second kappa shape index (κ2) is 6.45. The summed E-state index contributed by atoms with van der Waals surface area (Å²) in [5.74, 6) is 1.15. The van der Waals surface area contributed by atoms with Crippen molar-refractivity contribution in [3.8, 4) is 22.8 Å². The number of hydrogen-bond acceptors (Lipinski definition) is 3. The summed E-state index contributed by atoms with van der Waals surface area (Å²) in [4.78, 5) is 13.4. The van der Waals surface area contributed by atoms with Crippen molar-refractivity contribution in [3.63, 3.8) is 0 Å². The Bertz CT molecular complexity index is 1280. The minimum atomic E-state index is 0.191. The SMILES string of the molecule is Clc1nc(-c2ccccc2)nc(-c2cccc3c2ccc2ccccc23)n1. The lowest BCUT2D eigenvalue weighted by Crippen LogP contribution is -1.97. The maximum Gasteiger partial charge on any atom is 0.226 e. The Balaban J connectivity index is 1.77. The fourth-order valence-electron chi connectivity index (χ4n) is 3.42. The molecule has 1 aromatic heterocycles. The van der Waals surface area contributed by atoms with Crippen molar-refractivity contribution in [3.05, 3.63) is 90.2 Å². The highest BCUT2D eigenvalue weighted by Gasteiger charge is 2.12. The lowest BCUT2D eigenvalue weighted by Gasteiger charge is -2.10. The molecule has 0 aliphatic heterocycles. The van der Waals surface area contributed by atoms with Gasteiger partial charge in [-0.15, -0.1) is 0 Å². The molecule has 3 nitrogen and oxygen atoms in total. The van der Waals surface area contributed by atoms with Gasteiger partial charge in [-0.2, -0.15) is 9.97 Å². The molecule has 0 spiro atoms. The summed E-state index contributed by atoms with van der Waals surface area (Å²) in [7, 11) is 0. The van der Waals surface area contributed by atoms with E-state index in [0.717, 1.165) is 16.5 Å². The second-order valence-corrected chi connectivity index (χ2v) is 6.64. The molecule has 5 rings (SSSR count). The third kappa shape index (κ3) is 2.82. The standard InChI is InChI=1S/C23H14ClN3/c24-23-26-21(16-8-2-1-3-9-16)25-22(27-23)20-12-6-11-18-17-10-5-4-7-15(17)13-14-19(18)20/h1-14H. The molecule has 0 atom stereocenters. The van der Waals surface area contributed by atoms with Crippen LogP contribution in [0.25, 0.3) is 44.3 Å². The van der Waals surface area contributed by atoms with Crippen molar-refractivity contribution in [2.75, 3.05) is 0 Å². The highest BCUT2D eigenvalue weighted by atomic mass is 35.5. The van der Waals surface area contributed by atoms with E-state index in [1.54, 1.807) is 0 Å². The van der Waals surface area contributed by atoms with Gasteiger partial charge in [0.1, 0.15) is 0 Å². The number of nitrogens with zero attached hydrogens (tertiary/aromatic N) is 3. The number of aromatic nitrogens is 3. The average Bonchev–Trinajstić information content (AvgIpc) is 2.73. The Morgan fingerprint density at radius 3 is 2.15 bits per heavy atom. The van der Waals surface area contributed by atoms with Gasteiger partial charge in [0.05, 0.1) is 0 Å². The van der Waals surface area contributed by atoms with Crippen molar-refractivity contribution in [1.29, 1.82) is 0 Å². The molecule has 0 saturated heterocycles. The first-order valence-electron chi connectivity index (χ1n) is 8.67. The van der Waals surface area contributed by atoms with Crippen LogP contribution in [0.15, 0.2) is 84.9 Å². The third-order valence-corrected chi connectivity index (χ3v) is 4.84. The summed E-state index contributed by atoms with van der Waals surface area (Å²) in [6, 6.07) is 28.6. The predicted molar refractivity (Wildman–Crippen MR) is 111 cm³/mol. The van der Waals surface area contributed by atoms with Gasteiger partial charge >= 0.3 is 0 Å². The van der Waals surface area contributed by atoms with E-state index in [2.05, 4.69) is 52.4 Å². The molecule has 0 aliphatic carbocycles. The first-order valence-corrected chi connectivity index (χ1v) is 9.05. The van der Waals surface area contributed by atoms with Crippen molar-refractivity contribution in [2.45, 2.75) is 0 Å². The molecule has 0 N–H and O–H groups in total. The monoisotopic (exact) mass is 367 g/mol. The molecule has 4 heteroatoms. The quantitative estimate of drug-likeness (QED) is 0.350. The average molecular weight is 368 g/mol. The Kier molecular flexibility index (Phi) is 3.80. The van der Waals surface area contributed by atoms with Crippen LogP contribution in [0.1, 0.15) is 0 Å². The molecular formula is C23H14ClN3. The smallest absolute Gasteiger partial charge is 0.208 e. The van der Waals surface area contributed by atoms with Gasteiger partial charge in [0.25, 0.3) is 0 Å². The van der Waals surface area contributed by atoms with Crippen LogP contribution < -0.4 is 0 Å². The summed E-state index contributed by atoms with van der Waals surface area (Å²) in [5.41, 5.74) is 1.86. The van der Waals surface area contributed by atoms with Gasteiger partial charge in [0, 0.05) is 11.1 Å². The van der Waals surface area contributed by atoms with Crippen molar-refractivity contribution in [1.82, 2.24) is 15.0 Å². The number of fused-ring (bicyclic) bond motifs is 3. The Labute approximate surface area is 161 Å². The van der Waals surface area contributed by atoms with E-state index in [-0.39, 0.29) is 5.28 Å². The van der Waals surface area contributed by atoms with Crippen LogP contribution in [0.3, 0.4) is 0 Å². The molecule has 0 aliphatic rings. The molecule has 0 saturated carbocycles. The van der Waals surface area contributed by atoms with Crippen molar-refractivity contribution in [2.24, 2.45) is 0 Å². The van der Waals surface area contributed by atoms with Crippen LogP contribution in [0, 0.1) is 0 Å². The maximum atomic E-state index is 6.23. The van der Waals surface area contributed by atoms with Crippen molar-refractivity contribution < 1.29 is 0 Å². The van der Waals surface area contributed by atoms with Gasteiger partial charge in [-0.05, 0) is 33.1 Å². The molecule has 128 valence electrons. The minimum absolute atomic E-state index is 0.191. The van der Waals surface area contributed by atoms with Crippen LogP contribution >= 0.6 is 11.6 Å². The normalized spacial score (nSPS) is 11.1. The highest BCUT2D eigenvalue weighted by Crippen LogP contribution is 2.32. The van der Waals surface area contributed by atoms with E-state index in [0.29, 0.717) is 11.6 Å². The van der Waals surface area contributed by atoms with Crippen molar-refractivity contribution >= 4 is 33.1 Å². The Morgan fingerprint density at radius 2 is 1.26 bits per heavy atom. The fourth-order valence-corrected chi connectivity index (χ4v) is 3.58. The first kappa shape index (κ1) is 15.9. The van der Waals surface area contributed by atoms with Gasteiger partial charge in [-0.3, -0.25) is 0 Å². The topological polar surface area (TPSA) is 38.7 Å². The van der Waals surface area contributed by atoms with Crippen LogP contribution in [0.4, 0.5) is 0 Å². The van der Waals surface area contributed by atoms with Crippen LogP contribution in [-0.2, 0) is 0 Å². The van der Waals surface area contributed by atoms with Crippen LogP contribution in [-0.4, -0.2) is 15.0 Å². The molecule has 1 heterocycles. The molecule has 27 heavy (non-hydrogen) atoms. The van der Waals surface area contributed by atoms with Gasteiger partial charge in [0.15, 0.2) is 11.6 Å². The molecule has 0 bridgehead atoms. The second-order valence-electron chi connectivity index (χ2n) is 6.31. The third-order valence-electron chi connectivity index (χ3n) is 4.67. The number of halogens is 1. The maximum absolute atomic E-state index is 6.23. The van der Waals surface area contributed by atoms with Gasteiger partial charge < -0.3 is 0 Å². The molecule has 0 unspecified atom stereocenters. The summed E-state index contributed by atoms with van der Waals surface area (Å²) in [6.07, 6.45) is 0. The molecule has 5 aromatic rings. The number of hydrogen-bond donors (Lipinski definition) is 0. The van der Waals surface area contributed by atoms with E-state index in [1.165, 1.54) is 16.2 Å². The molecule has 0 amide bonds. The molecule has 0 radical (unpaired) electrons. The van der Waals surface area contributed by atoms with Gasteiger partial charge in [-0.25, -0.2) is 4.98 Å². The van der Waals surface area contributed by atoms with Gasteiger partial charge in [0.2, 0.25) is 5.28 Å². The number of rotatable bonds is 2. The van der Waals surface area contributed by atoms with E-state index >= 15 is 0 Å². The zero-order valence-corrected chi connectivity index (χ0v) is 15.1. The molecule has 4 aromatic carbocycles. The number of benzene rings is 4. The molecular weight excluding hydrogens is 354 g/mol. The molecule has 0 fully saturated rings. The van der Waals surface area contributed by atoms with Gasteiger partial charge in [-0.1, -0.05) is 84.9 Å². The summed E-state index contributed by atoms with van der Waals surface area (Å²) in [5, 5.41) is 4.87. The summed E-state index contributed by atoms with van der Waals surface area (Å²) >= 11 is 6.23. The van der Waals surface area contributed by atoms with E-state index < -0.39 is 0 Å².